The number of Topliss-reactive ketones (excluding diaryl/α,β-unsaturated/α-hetero) is 1. The molecule has 0 aliphatic heterocycles. The molecule has 170 valence electrons. The van der Waals surface area contributed by atoms with Crippen molar-refractivity contribution in [3.05, 3.63) is 72.2 Å². The van der Waals surface area contributed by atoms with Crippen LogP contribution in [0.1, 0.15) is 31.1 Å². The van der Waals surface area contributed by atoms with Gasteiger partial charge in [0.15, 0.2) is 11.5 Å². The van der Waals surface area contributed by atoms with Gasteiger partial charge < -0.3 is 19.5 Å². The molecule has 0 saturated heterocycles. The van der Waals surface area contributed by atoms with E-state index in [4.69, 9.17) is 14.2 Å². The number of amides is 1. The molecular formula is C24H23N3O6. The van der Waals surface area contributed by atoms with E-state index in [0.29, 0.717) is 17.1 Å². The monoisotopic (exact) mass is 449 g/mol. The minimum absolute atomic E-state index is 0.0206. The number of hydrogen-bond donors (Lipinski definition) is 1. The van der Waals surface area contributed by atoms with Crippen LogP contribution in [0, 0.1) is 0 Å². The lowest BCUT2D eigenvalue weighted by Gasteiger charge is -2.18. The predicted octanol–water partition coefficient (Wildman–Crippen LogP) is 3.65. The molecule has 1 atom stereocenters. The van der Waals surface area contributed by atoms with Crippen molar-refractivity contribution >= 4 is 23.3 Å². The highest BCUT2D eigenvalue weighted by Gasteiger charge is 2.25. The molecule has 1 amide bonds. The summed E-state index contributed by atoms with van der Waals surface area (Å²) in [7, 11) is 1.48. The van der Waals surface area contributed by atoms with E-state index in [1.807, 2.05) is 0 Å². The first-order valence-corrected chi connectivity index (χ1v) is 10.0. The van der Waals surface area contributed by atoms with E-state index in [0.717, 1.165) is 5.56 Å². The fraction of sp³-hybridized carbons (Fsp3) is 0.208. The Morgan fingerprint density at radius 2 is 1.79 bits per heavy atom. The summed E-state index contributed by atoms with van der Waals surface area (Å²) in [5.41, 5.74) is 1.45. The number of nitrogens with zero attached hydrogens (tertiary/aromatic N) is 2. The number of anilines is 1. The summed E-state index contributed by atoms with van der Waals surface area (Å²) in [6, 6.07) is 13.7. The summed E-state index contributed by atoms with van der Waals surface area (Å²) >= 11 is 0. The van der Waals surface area contributed by atoms with Crippen molar-refractivity contribution in [2.75, 3.05) is 12.4 Å². The second-order valence-corrected chi connectivity index (χ2v) is 7.10. The van der Waals surface area contributed by atoms with E-state index < -0.39 is 18.0 Å². The molecule has 9 nitrogen and oxygen atoms in total. The summed E-state index contributed by atoms with van der Waals surface area (Å²) in [5.74, 6) is -0.391. The van der Waals surface area contributed by atoms with Crippen LogP contribution in [0.25, 0.3) is 0 Å². The lowest BCUT2D eigenvalue weighted by molar-refractivity contribution is -0.152. The van der Waals surface area contributed by atoms with Crippen LogP contribution >= 0.6 is 0 Å². The van der Waals surface area contributed by atoms with E-state index in [9.17, 15) is 14.4 Å². The highest BCUT2D eigenvalue weighted by atomic mass is 16.5. The van der Waals surface area contributed by atoms with Gasteiger partial charge in [-0.3, -0.25) is 14.4 Å². The number of esters is 1. The number of nitrogens with one attached hydrogen (secondary N) is 1. The smallest absolute Gasteiger partial charge is 0.303 e. The van der Waals surface area contributed by atoms with Gasteiger partial charge in [0.05, 0.1) is 13.3 Å². The lowest BCUT2D eigenvalue weighted by atomic mass is 10.1. The Morgan fingerprint density at radius 1 is 1.03 bits per heavy atom. The molecule has 9 heteroatoms. The summed E-state index contributed by atoms with van der Waals surface area (Å²) < 4.78 is 16.5. The number of aromatic nitrogens is 2. The highest BCUT2D eigenvalue weighted by Crippen LogP contribution is 2.34. The number of benzene rings is 2. The van der Waals surface area contributed by atoms with Gasteiger partial charge in [-0.15, -0.1) is 0 Å². The van der Waals surface area contributed by atoms with Crippen LogP contribution < -0.4 is 14.8 Å². The largest absolute Gasteiger partial charge is 0.493 e. The first-order valence-electron chi connectivity index (χ1n) is 10.0. The van der Waals surface area contributed by atoms with Crippen molar-refractivity contribution in [2.45, 2.75) is 26.4 Å². The van der Waals surface area contributed by atoms with E-state index in [1.165, 1.54) is 33.5 Å². The number of ketones is 1. The number of ether oxygens (including phenoxy) is 3. The average Bonchev–Trinajstić information content (AvgIpc) is 2.79. The molecule has 0 aliphatic rings. The fourth-order valence-corrected chi connectivity index (χ4v) is 3.05. The number of hydrogen-bond acceptors (Lipinski definition) is 8. The van der Waals surface area contributed by atoms with Gasteiger partial charge in [0.2, 0.25) is 12.0 Å². The van der Waals surface area contributed by atoms with Gasteiger partial charge in [-0.25, -0.2) is 4.98 Å². The molecule has 3 rings (SSSR count). The molecule has 0 radical (unpaired) electrons. The van der Waals surface area contributed by atoms with Crippen LogP contribution in [0.2, 0.25) is 0 Å². The zero-order chi connectivity index (χ0) is 23.8. The van der Waals surface area contributed by atoms with Crippen LogP contribution in [0.3, 0.4) is 0 Å². The maximum Gasteiger partial charge on any atom is 0.303 e. The second-order valence-electron chi connectivity index (χ2n) is 7.10. The summed E-state index contributed by atoms with van der Waals surface area (Å²) in [4.78, 5) is 44.0. The number of carbonyl (C=O) groups is 3. The quantitative estimate of drug-likeness (QED) is 0.492. The predicted molar refractivity (Wildman–Crippen MR) is 119 cm³/mol. The average molecular weight is 449 g/mol. The fourth-order valence-electron chi connectivity index (χ4n) is 3.05. The van der Waals surface area contributed by atoms with Gasteiger partial charge in [0, 0.05) is 18.9 Å². The van der Waals surface area contributed by atoms with Crippen molar-refractivity contribution in [1.82, 2.24) is 9.97 Å². The third-order valence-corrected chi connectivity index (χ3v) is 4.45. The molecule has 1 unspecified atom stereocenters. The molecule has 2 aromatic carbocycles. The first kappa shape index (κ1) is 23.4. The second kappa shape index (κ2) is 10.9. The summed E-state index contributed by atoms with van der Waals surface area (Å²) in [6.07, 6.45) is 1.73. The van der Waals surface area contributed by atoms with E-state index in [-0.39, 0.29) is 23.8 Å². The van der Waals surface area contributed by atoms with Crippen LogP contribution in [0.15, 0.2) is 61.1 Å². The van der Waals surface area contributed by atoms with Crippen LogP contribution in [-0.2, 0) is 25.5 Å². The zero-order valence-corrected chi connectivity index (χ0v) is 18.4. The van der Waals surface area contributed by atoms with Crippen molar-refractivity contribution in [3.63, 3.8) is 0 Å². The zero-order valence-electron chi connectivity index (χ0n) is 18.4. The first-order chi connectivity index (χ1) is 15.9. The van der Waals surface area contributed by atoms with Gasteiger partial charge in [0.1, 0.15) is 17.8 Å². The molecule has 1 N–H and O–H groups in total. The number of methoxy groups -OCH3 is 1. The maximum absolute atomic E-state index is 13.0. The molecule has 0 saturated carbocycles. The molecule has 1 heterocycles. The molecule has 0 aliphatic carbocycles. The van der Waals surface area contributed by atoms with Crippen molar-refractivity contribution in [2.24, 2.45) is 0 Å². The Morgan fingerprint density at radius 3 is 2.45 bits per heavy atom. The Balaban J connectivity index is 1.85. The Bertz CT molecular complexity index is 1150. The van der Waals surface area contributed by atoms with Crippen molar-refractivity contribution < 1.29 is 28.6 Å². The minimum Gasteiger partial charge on any atom is -0.493 e. The van der Waals surface area contributed by atoms with Crippen LogP contribution in [0.4, 0.5) is 5.69 Å². The normalized spacial score (nSPS) is 11.2. The topological polar surface area (TPSA) is 117 Å². The van der Waals surface area contributed by atoms with E-state index in [1.54, 1.807) is 48.5 Å². The number of carbonyl (C=O) groups excluding carboxylic acids is 3. The van der Waals surface area contributed by atoms with E-state index in [2.05, 4.69) is 15.3 Å². The Kier molecular flexibility index (Phi) is 7.69. The molecule has 33 heavy (non-hydrogen) atoms. The maximum atomic E-state index is 13.0. The van der Waals surface area contributed by atoms with Crippen LogP contribution in [-0.4, -0.2) is 34.7 Å². The molecule has 3 aromatic rings. The lowest BCUT2D eigenvalue weighted by Crippen LogP contribution is -2.25. The molecule has 0 fully saturated rings. The molecular weight excluding hydrogens is 426 g/mol. The minimum atomic E-state index is -1.17. The third kappa shape index (κ3) is 6.36. The molecule has 0 spiro atoms. The Labute approximate surface area is 190 Å². The van der Waals surface area contributed by atoms with Gasteiger partial charge in [-0.05, 0) is 24.6 Å². The van der Waals surface area contributed by atoms with Crippen molar-refractivity contribution in [3.8, 4) is 17.4 Å². The molecule has 0 bridgehead atoms. The summed E-state index contributed by atoms with van der Waals surface area (Å²) in [6.45, 7) is 2.73. The van der Waals surface area contributed by atoms with Crippen LogP contribution in [0.5, 0.6) is 17.4 Å². The van der Waals surface area contributed by atoms with Gasteiger partial charge >= 0.3 is 5.97 Å². The SMILES string of the molecule is COc1cc(CC(C)=O)ccc1Oc1ncncc1NC(=O)C(OC(C)=O)c1ccccc1. The van der Waals surface area contributed by atoms with Gasteiger partial charge in [-0.1, -0.05) is 36.4 Å². The van der Waals surface area contributed by atoms with E-state index >= 15 is 0 Å². The van der Waals surface area contributed by atoms with Crippen molar-refractivity contribution in [1.29, 1.82) is 0 Å². The van der Waals surface area contributed by atoms with Gasteiger partial charge in [-0.2, -0.15) is 4.98 Å². The third-order valence-electron chi connectivity index (χ3n) is 4.45. The Hall–Kier alpha value is -4.27. The summed E-state index contributed by atoms with van der Waals surface area (Å²) in [5, 5.41) is 2.66. The standard InChI is InChI=1S/C24H23N3O6/c1-15(28)11-17-9-10-20(21(12-17)31-3)33-24-19(13-25-14-26-24)27-23(30)22(32-16(2)29)18-7-5-4-6-8-18/h4-10,12-14,22H,11H2,1-3H3,(H,27,30). The highest BCUT2D eigenvalue weighted by molar-refractivity contribution is 5.96. The van der Waals surface area contributed by atoms with Gasteiger partial charge in [0.25, 0.3) is 5.91 Å². The molecule has 1 aromatic heterocycles. The number of rotatable bonds is 9.